The number of carbonyl (C=O) groups excluding carboxylic acids is 1. The minimum atomic E-state index is 0.0665. The van der Waals surface area contributed by atoms with Gasteiger partial charge in [0.2, 0.25) is 0 Å². The van der Waals surface area contributed by atoms with Crippen molar-refractivity contribution in [1.29, 1.82) is 0 Å². The maximum absolute atomic E-state index is 11.3. The molecule has 18 heavy (non-hydrogen) atoms. The first-order valence-corrected chi connectivity index (χ1v) is 6.22. The lowest BCUT2D eigenvalue weighted by molar-refractivity contribution is 0.102. The quantitative estimate of drug-likeness (QED) is 0.715. The zero-order chi connectivity index (χ0) is 12.7. The van der Waals surface area contributed by atoms with Gasteiger partial charge in [0, 0.05) is 11.6 Å². The highest BCUT2D eigenvalue weighted by molar-refractivity contribution is 7.12. The lowest BCUT2D eigenvalue weighted by Gasteiger charge is -2.00. The fourth-order valence-electron chi connectivity index (χ4n) is 1.81. The summed E-state index contributed by atoms with van der Waals surface area (Å²) in [6, 6.07) is 3.70. The Balaban J connectivity index is 2.19. The molecular weight excluding hydrogens is 248 g/mol. The molecule has 0 bridgehead atoms. The van der Waals surface area contributed by atoms with Crippen LogP contribution in [0.1, 0.15) is 16.6 Å². The van der Waals surface area contributed by atoms with Crippen molar-refractivity contribution < 1.29 is 4.79 Å². The number of imidazole rings is 1. The van der Waals surface area contributed by atoms with Gasteiger partial charge < -0.3 is 5.73 Å². The summed E-state index contributed by atoms with van der Waals surface area (Å²) in [5, 5.41) is 1.93. The van der Waals surface area contributed by atoms with Crippen LogP contribution in [0.25, 0.3) is 16.7 Å². The second-order valence-corrected chi connectivity index (χ2v) is 4.82. The van der Waals surface area contributed by atoms with E-state index in [-0.39, 0.29) is 5.78 Å². The third kappa shape index (κ3) is 1.58. The van der Waals surface area contributed by atoms with E-state index in [4.69, 9.17) is 5.73 Å². The number of nitrogen functional groups attached to an aromatic ring is 1. The van der Waals surface area contributed by atoms with E-state index in [1.807, 2.05) is 22.1 Å². The summed E-state index contributed by atoms with van der Waals surface area (Å²) in [6.45, 7) is 1.56. The first-order valence-electron chi connectivity index (χ1n) is 5.34. The first-order chi connectivity index (χ1) is 8.66. The Bertz CT molecular complexity index is 743. The van der Waals surface area contributed by atoms with Crippen LogP contribution in [0.5, 0.6) is 0 Å². The molecule has 0 amide bonds. The van der Waals surface area contributed by atoms with Crippen molar-refractivity contribution in [2.75, 3.05) is 5.73 Å². The van der Waals surface area contributed by atoms with Crippen LogP contribution in [0.2, 0.25) is 0 Å². The Kier molecular flexibility index (Phi) is 2.38. The molecule has 0 unspecified atom stereocenters. The summed E-state index contributed by atoms with van der Waals surface area (Å²) in [6.07, 6.45) is 3.34. The number of anilines is 1. The molecule has 6 heteroatoms. The maximum atomic E-state index is 11.3. The van der Waals surface area contributed by atoms with Gasteiger partial charge in [-0.05, 0) is 19.1 Å². The lowest BCUT2D eigenvalue weighted by Crippen LogP contribution is -1.93. The average Bonchev–Trinajstić information content (AvgIpc) is 2.94. The Labute approximate surface area is 107 Å². The summed E-state index contributed by atoms with van der Waals surface area (Å²) in [7, 11) is 0. The van der Waals surface area contributed by atoms with Crippen molar-refractivity contribution in [2.24, 2.45) is 0 Å². The summed E-state index contributed by atoms with van der Waals surface area (Å²) < 4.78 is 1.90. The number of hydrogen-bond acceptors (Lipinski definition) is 5. The highest BCUT2D eigenvalue weighted by Gasteiger charge is 2.10. The van der Waals surface area contributed by atoms with Crippen LogP contribution in [0, 0.1) is 0 Å². The van der Waals surface area contributed by atoms with Crippen molar-refractivity contribution >= 4 is 34.0 Å². The monoisotopic (exact) mass is 258 g/mol. The fraction of sp³-hybridized carbons (Fsp3) is 0.0833. The second kappa shape index (κ2) is 3.92. The molecule has 0 saturated carbocycles. The zero-order valence-corrected chi connectivity index (χ0v) is 10.4. The topological polar surface area (TPSA) is 73.8 Å². The van der Waals surface area contributed by atoms with Gasteiger partial charge in [-0.1, -0.05) is 0 Å². The predicted octanol–water partition coefficient (Wildman–Crippen LogP) is 2.27. The van der Waals surface area contributed by atoms with Gasteiger partial charge in [0.1, 0.15) is 11.8 Å². The van der Waals surface area contributed by atoms with E-state index in [9.17, 15) is 4.79 Å². The number of nitrogens with two attached hydrogens (primary N) is 1. The van der Waals surface area contributed by atoms with Gasteiger partial charge in [0.25, 0.3) is 0 Å². The molecule has 3 rings (SSSR count). The molecule has 0 aliphatic rings. The number of pyridine rings is 1. The number of thiophene rings is 1. The van der Waals surface area contributed by atoms with Gasteiger partial charge in [0.05, 0.1) is 16.1 Å². The van der Waals surface area contributed by atoms with Crippen molar-refractivity contribution in [2.45, 2.75) is 6.92 Å². The number of Topliss-reactive ketones (excluding diaryl/α,β-unsaturated/α-hetero) is 1. The van der Waals surface area contributed by atoms with Crippen LogP contribution in [-0.2, 0) is 0 Å². The van der Waals surface area contributed by atoms with Crippen LogP contribution < -0.4 is 5.73 Å². The second-order valence-electron chi connectivity index (χ2n) is 3.90. The third-order valence-corrected chi connectivity index (χ3v) is 3.72. The van der Waals surface area contributed by atoms with Gasteiger partial charge >= 0.3 is 0 Å². The molecule has 0 atom stereocenters. The number of ketones is 1. The summed E-state index contributed by atoms with van der Waals surface area (Å²) in [4.78, 5) is 20.3. The Hall–Kier alpha value is -2.21. The SMILES string of the molecule is CC(=O)c1cc(-n2cnc3c(N)nccc32)cs1. The summed E-state index contributed by atoms with van der Waals surface area (Å²) >= 11 is 1.42. The first kappa shape index (κ1) is 10.9. The zero-order valence-electron chi connectivity index (χ0n) is 9.62. The van der Waals surface area contributed by atoms with E-state index in [1.54, 1.807) is 19.4 Å². The number of rotatable bonds is 2. The number of aromatic nitrogens is 3. The Morgan fingerprint density at radius 3 is 3.00 bits per heavy atom. The highest BCUT2D eigenvalue weighted by Crippen LogP contribution is 2.24. The number of hydrogen-bond donors (Lipinski definition) is 1. The van der Waals surface area contributed by atoms with E-state index >= 15 is 0 Å². The standard InChI is InChI=1S/C12H10N4OS/c1-7(17)10-4-8(5-18-10)16-6-15-11-9(16)2-3-14-12(11)13/h2-6H,1H3,(H2,13,14). The maximum Gasteiger partial charge on any atom is 0.169 e. The molecule has 0 aliphatic carbocycles. The molecule has 5 nitrogen and oxygen atoms in total. The molecule has 0 fully saturated rings. The summed E-state index contributed by atoms with van der Waals surface area (Å²) in [5.41, 5.74) is 8.24. The van der Waals surface area contributed by atoms with Crippen LogP contribution in [0.3, 0.4) is 0 Å². The molecule has 0 aromatic carbocycles. The van der Waals surface area contributed by atoms with E-state index in [0.717, 1.165) is 16.1 Å². The van der Waals surface area contributed by atoms with Crippen molar-refractivity contribution in [3.05, 3.63) is 34.9 Å². The van der Waals surface area contributed by atoms with Gasteiger partial charge in [-0.25, -0.2) is 9.97 Å². The van der Waals surface area contributed by atoms with Crippen LogP contribution in [0.4, 0.5) is 5.82 Å². The van der Waals surface area contributed by atoms with Gasteiger partial charge in [-0.15, -0.1) is 11.3 Å². The third-order valence-electron chi connectivity index (χ3n) is 2.70. The largest absolute Gasteiger partial charge is 0.382 e. The molecule has 0 radical (unpaired) electrons. The van der Waals surface area contributed by atoms with Crippen molar-refractivity contribution in [3.63, 3.8) is 0 Å². The minimum absolute atomic E-state index is 0.0665. The number of fused-ring (bicyclic) bond motifs is 1. The van der Waals surface area contributed by atoms with E-state index in [2.05, 4.69) is 9.97 Å². The lowest BCUT2D eigenvalue weighted by atomic mass is 10.3. The minimum Gasteiger partial charge on any atom is -0.382 e. The molecule has 0 saturated heterocycles. The van der Waals surface area contributed by atoms with E-state index < -0.39 is 0 Å². The molecule has 0 aliphatic heterocycles. The smallest absolute Gasteiger partial charge is 0.169 e. The fourth-order valence-corrected chi connectivity index (χ4v) is 2.59. The summed E-state index contributed by atoms with van der Waals surface area (Å²) in [5.74, 6) is 0.477. The van der Waals surface area contributed by atoms with Gasteiger partial charge in [-0.2, -0.15) is 0 Å². The molecule has 3 aromatic heterocycles. The average molecular weight is 258 g/mol. The van der Waals surface area contributed by atoms with Gasteiger partial charge in [0.15, 0.2) is 11.6 Å². The molecule has 0 spiro atoms. The van der Waals surface area contributed by atoms with E-state index in [1.165, 1.54) is 11.3 Å². The van der Waals surface area contributed by atoms with Crippen molar-refractivity contribution in [1.82, 2.24) is 14.5 Å². The van der Waals surface area contributed by atoms with E-state index in [0.29, 0.717) is 11.3 Å². The predicted molar refractivity (Wildman–Crippen MR) is 71.2 cm³/mol. The number of carbonyl (C=O) groups is 1. The number of nitrogens with zero attached hydrogens (tertiary/aromatic N) is 3. The van der Waals surface area contributed by atoms with Crippen LogP contribution >= 0.6 is 11.3 Å². The van der Waals surface area contributed by atoms with Gasteiger partial charge in [-0.3, -0.25) is 9.36 Å². The van der Waals surface area contributed by atoms with Crippen molar-refractivity contribution in [3.8, 4) is 5.69 Å². The molecule has 3 aromatic rings. The molecule has 2 N–H and O–H groups in total. The van der Waals surface area contributed by atoms with Crippen LogP contribution in [0.15, 0.2) is 30.0 Å². The Morgan fingerprint density at radius 2 is 2.28 bits per heavy atom. The Morgan fingerprint density at radius 1 is 1.44 bits per heavy atom. The molecule has 90 valence electrons. The highest BCUT2D eigenvalue weighted by atomic mass is 32.1. The molecular formula is C12H10N4OS. The molecule has 3 heterocycles. The normalized spacial score (nSPS) is 10.9. The van der Waals surface area contributed by atoms with Crippen LogP contribution in [-0.4, -0.2) is 20.3 Å².